The lowest BCUT2D eigenvalue weighted by Crippen LogP contribution is -2.60. The number of hydrogen-bond donors (Lipinski definition) is 1. The Kier molecular flexibility index (Phi) is 6.83. The number of aliphatic hydroxyl groups is 1. The van der Waals surface area contributed by atoms with Crippen molar-refractivity contribution < 1.29 is 28.9 Å². The summed E-state index contributed by atoms with van der Waals surface area (Å²) in [4.78, 5) is 29.3. The third-order valence-electron chi connectivity index (χ3n) is 16.3. The van der Waals surface area contributed by atoms with Gasteiger partial charge in [-0.2, -0.15) is 0 Å². The third kappa shape index (κ3) is 3.84. The number of carbonyl (C=O) groups excluding carboxylic acids is 2. The molecule has 0 radical (unpaired) electrons. The molecule has 3 aliphatic heterocycles. The minimum atomic E-state index is -0.528. The minimum absolute atomic E-state index is 0.00347. The van der Waals surface area contributed by atoms with Crippen LogP contribution in [0.3, 0.4) is 0 Å². The van der Waals surface area contributed by atoms with Crippen LogP contribution in [0.1, 0.15) is 112 Å². The molecule has 45 heavy (non-hydrogen) atoms. The van der Waals surface area contributed by atoms with Gasteiger partial charge in [-0.25, -0.2) is 9.59 Å². The van der Waals surface area contributed by atoms with Crippen LogP contribution in [0.5, 0.6) is 0 Å². The van der Waals surface area contributed by atoms with E-state index >= 15 is 0 Å². The molecule has 252 valence electrons. The van der Waals surface area contributed by atoms with E-state index < -0.39 is 6.10 Å². The molecule has 13 atom stereocenters. The molecule has 2 amide bonds. The third-order valence-corrected chi connectivity index (χ3v) is 16.3. The van der Waals surface area contributed by atoms with Crippen LogP contribution in [0.4, 0.5) is 9.59 Å². The van der Waals surface area contributed by atoms with Gasteiger partial charge in [-0.1, -0.05) is 41.5 Å². The van der Waals surface area contributed by atoms with E-state index in [4.69, 9.17) is 14.2 Å². The summed E-state index contributed by atoms with van der Waals surface area (Å²) < 4.78 is 19.2. The molecule has 8 rings (SSSR count). The van der Waals surface area contributed by atoms with Crippen molar-refractivity contribution in [2.75, 3.05) is 26.2 Å². The average molecular weight is 627 g/mol. The van der Waals surface area contributed by atoms with Gasteiger partial charge in [-0.15, -0.1) is 0 Å². The first-order valence-electron chi connectivity index (χ1n) is 18.6. The topological polar surface area (TPSA) is 88.5 Å². The van der Waals surface area contributed by atoms with Gasteiger partial charge in [-0.05, 0) is 111 Å². The molecule has 8 fully saturated rings. The number of aliphatic hydroxyl groups excluding tert-OH is 1. The molecule has 3 saturated heterocycles. The second-order valence-corrected chi connectivity index (χ2v) is 17.9. The van der Waals surface area contributed by atoms with Crippen molar-refractivity contribution in [3.05, 3.63) is 0 Å². The van der Waals surface area contributed by atoms with E-state index in [1.165, 1.54) is 12.8 Å². The van der Waals surface area contributed by atoms with Crippen LogP contribution >= 0.6 is 0 Å². The Hall–Kier alpha value is -1.54. The van der Waals surface area contributed by atoms with Crippen LogP contribution in [0.15, 0.2) is 0 Å². The van der Waals surface area contributed by atoms with Crippen molar-refractivity contribution in [3.8, 4) is 0 Å². The first-order chi connectivity index (χ1) is 21.3. The van der Waals surface area contributed by atoms with E-state index in [1.54, 1.807) is 4.90 Å². The van der Waals surface area contributed by atoms with Gasteiger partial charge in [0.1, 0.15) is 12.2 Å². The highest BCUT2D eigenvalue weighted by molar-refractivity contribution is 5.69. The Morgan fingerprint density at radius 2 is 1.56 bits per heavy atom. The molecule has 8 nitrogen and oxygen atoms in total. The number of carbonyl (C=O) groups is 2. The quantitative estimate of drug-likeness (QED) is 0.377. The summed E-state index contributed by atoms with van der Waals surface area (Å²) >= 11 is 0. The summed E-state index contributed by atoms with van der Waals surface area (Å²) in [5.74, 6) is 1.71. The van der Waals surface area contributed by atoms with Gasteiger partial charge in [0.25, 0.3) is 0 Å². The second-order valence-electron chi connectivity index (χ2n) is 17.9. The fourth-order valence-corrected chi connectivity index (χ4v) is 13.6. The van der Waals surface area contributed by atoms with Gasteiger partial charge >= 0.3 is 12.2 Å². The Labute approximate surface area is 270 Å². The molecule has 2 spiro atoms. The van der Waals surface area contributed by atoms with Crippen molar-refractivity contribution >= 4 is 12.2 Å². The van der Waals surface area contributed by atoms with E-state index in [9.17, 15) is 14.7 Å². The first-order valence-corrected chi connectivity index (χ1v) is 18.6. The lowest BCUT2D eigenvalue weighted by molar-refractivity contribution is -0.184. The van der Waals surface area contributed by atoms with Gasteiger partial charge in [-0.3, -0.25) is 0 Å². The van der Waals surface area contributed by atoms with Gasteiger partial charge in [0.05, 0.1) is 18.3 Å². The molecule has 3 heterocycles. The SMILES string of the molecule is CC[C@@H](OC(=O)N1CCC1)[C@H]1C[C@@H](C)[C@H]2[C@H](O1)[C@H](O)[C@@]1(C)[C@@H]3CC[C@H]4C(C)(C)[C@@H](OC(=O)N5CCC5)CC[C@@]45C[C@@]35CC[C@]21C. The number of likely N-dealkylation sites (tertiary alicyclic amines) is 2. The van der Waals surface area contributed by atoms with E-state index in [2.05, 4.69) is 41.5 Å². The molecule has 0 aromatic rings. The molecular formula is C37H58N2O6. The van der Waals surface area contributed by atoms with Crippen LogP contribution in [0, 0.1) is 50.7 Å². The van der Waals surface area contributed by atoms with E-state index in [1.807, 2.05) is 4.90 Å². The van der Waals surface area contributed by atoms with Crippen LogP contribution in [0.25, 0.3) is 0 Å². The largest absolute Gasteiger partial charge is 0.446 e. The Bertz CT molecular complexity index is 1230. The smallest absolute Gasteiger partial charge is 0.410 e. The van der Waals surface area contributed by atoms with Crippen molar-refractivity contribution in [1.82, 2.24) is 9.80 Å². The number of ether oxygens (including phenoxy) is 3. The number of nitrogens with zero attached hydrogens (tertiary/aromatic N) is 2. The average Bonchev–Trinajstić information content (AvgIpc) is 3.56. The van der Waals surface area contributed by atoms with Gasteiger partial charge in [0, 0.05) is 37.0 Å². The molecule has 8 heteroatoms. The molecule has 0 unspecified atom stereocenters. The summed E-state index contributed by atoms with van der Waals surface area (Å²) in [6, 6.07) is 0. The summed E-state index contributed by atoms with van der Waals surface area (Å²) in [5.41, 5.74) is 0.293. The normalized spacial score (nSPS) is 51.2. The van der Waals surface area contributed by atoms with Crippen molar-refractivity contribution in [1.29, 1.82) is 0 Å². The highest BCUT2D eigenvalue weighted by atomic mass is 16.6. The van der Waals surface area contributed by atoms with Gasteiger partial charge in [0.15, 0.2) is 0 Å². The van der Waals surface area contributed by atoms with Crippen molar-refractivity contribution in [2.24, 2.45) is 50.7 Å². The van der Waals surface area contributed by atoms with Crippen LogP contribution in [-0.2, 0) is 14.2 Å². The second kappa shape index (κ2) is 9.99. The van der Waals surface area contributed by atoms with E-state index in [0.29, 0.717) is 29.1 Å². The minimum Gasteiger partial charge on any atom is -0.446 e. The number of amides is 2. The monoisotopic (exact) mass is 626 g/mol. The zero-order valence-electron chi connectivity index (χ0n) is 28.7. The zero-order chi connectivity index (χ0) is 31.7. The maximum Gasteiger partial charge on any atom is 0.410 e. The fraction of sp³-hybridized carbons (Fsp3) is 0.946. The zero-order valence-corrected chi connectivity index (χ0v) is 28.7. The van der Waals surface area contributed by atoms with E-state index in [0.717, 1.165) is 84.0 Å². The summed E-state index contributed by atoms with van der Waals surface area (Å²) in [6.45, 7) is 17.4. The maximum absolute atomic E-state index is 12.9. The Balaban J connectivity index is 1.04. The predicted octanol–water partition coefficient (Wildman–Crippen LogP) is 6.63. The number of hydrogen-bond acceptors (Lipinski definition) is 6. The van der Waals surface area contributed by atoms with Crippen LogP contribution < -0.4 is 0 Å². The lowest BCUT2D eigenvalue weighted by Gasteiger charge is -2.63. The van der Waals surface area contributed by atoms with E-state index in [-0.39, 0.29) is 58.3 Å². The highest BCUT2D eigenvalue weighted by Gasteiger charge is 2.84. The molecule has 5 saturated carbocycles. The summed E-state index contributed by atoms with van der Waals surface area (Å²) in [7, 11) is 0. The maximum atomic E-state index is 12.9. The molecular weight excluding hydrogens is 568 g/mol. The van der Waals surface area contributed by atoms with Crippen LogP contribution in [0.2, 0.25) is 0 Å². The Morgan fingerprint density at radius 3 is 2.20 bits per heavy atom. The molecule has 5 aliphatic carbocycles. The molecule has 8 aliphatic rings. The van der Waals surface area contributed by atoms with Crippen molar-refractivity contribution in [3.63, 3.8) is 0 Å². The predicted molar refractivity (Wildman–Crippen MR) is 169 cm³/mol. The standard InChI is InChI=1S/C37H58N2O6/c1-7-23(44-31(41)38-16-8-17-38)24-20-22(2)28-29(43-24)30(40)35(6)26-11-10-25-33(3,4)27(45-32(42)39-18-9-19-39)12-13-36(25)21-37(26,36)15-14-34(28,35)5/h22-30,40H,7-21H2,1-6H3/t22-,23-,24-,25+,26+,27+,28+,29+,30+,34-,35-,36-,37+/m1/s1. The summed E-state index contributed by atoms with van der Waals surface area (Å²) in [6.07, 6.45) is 10.2. The number of fused-ring (bicyclic) bond motifs is 4. The molecule has 0 aromatic carbocycles. The van der Waals surface area contributed by atoms with Crippen molar-refractivity contribution in [2.45, 2.75) is 143 Å². The van der Waals surface area contributed by atoms with Gasteiger partial charge in [0.2, 0.25) is 0 Å². The lowest BCUT2D eigenvalue weighted by atomic mass is 9.41. The first kappa shape index (κ1) is 30.8. The molecule has 0 aromatic heterocycles. The Morgan fingerprint density at radius 1 is 0.911 bits per heavy atom. The van der Waals surface area contributed by atoms with Crippen LogP contribution in [-0.4, -0.2) is 83.8 Å². The number of rotatable bonds is 4. The molecule has 0 bridgehead atoms. The van der Waals surface area contributed by atoms with Gasteiger partial charge < -0.3 is 29.1 Å². The summed E-state index contributed by atoms with van der Waals surface area (Å²) in [5, 5.41) is 12.5. The fourth-order valence-electron chi connectivity index (χ4n) is 13.6. The highest BCUT2D eigenvalue weighted by Crippen LogP contribution is 2.89. The molecule has 1 N–H and O–H groups in total.